The van der Waals surface area contributed by atoms with Crippen molar-refractivity contribution in [2.24, 2.45) is 0 Å². The van der Waals surface area contributed by atoms with Gasteiger partial charge < -0.3 is 14.6 Å². The van der Waals surface area contributed by atoms with E-state index in [1.165, 1.54) is 4.68 Å². The normalized spacial score (nSPS) is 15.8. The minimum Gasteiger partial charge on any atom is -0.403 e. The standard InChI is InChI=1S/C40H45BF2N6O3/c1-38(2)39(3,4)52-41(51-38)25-15-14-22-35(37-46-47-48-49(37)28-36(50)44-27-29-26-33(42)23-24-34(29)43)45-40(30-16-8-5-9-17-30,31-18-10-6-11-19-31)32-20-12-7-13-21-32/h5-13,16-21,23-24,26,35,45H,14-15,22,25,27-28H2,1-4H3,(H,44,50). The number of hydrogen-bond acceptors (Lipinski definition) is 7. The van der Waals surface area contributed by atoms with Crippen LogP contribution >= 0.6 is 0 Å². The van der Waals surface area contributed by atoms with Gasteiger partial charge in [0, 0.05) is 12.1 Å². The Labute approximate surface area is 304 Å². The molecule has 1 fully saturated rings. The van der Waals surface area contributed by atoms with Gasteiger partial charge in [0.05, 0.1) is 22.8 Å². The maximum absolute atomic E-state index is 14.3. The SMILES string of the molecule is CC1(C)OB(CCCCC(NC(c2ccccc2)(c2ccccc2)c2ccccc2)c2nnnn2CC(=O)NCc2cc(F)ccc2F)OC1(C)C. The van der Waals surface area contributed by atoms with E-state index in [1.54, 1.807) is 0 Å². The lowest BCUT2D eigenvalue weighted by Gasteiger charge is -2.40. The molecular weight excluding hydrogens is 661 g/mol. The molecule has 1 atom stereocenters. The number of carbonyl (C=O) groups excluding carboxylic acids is 1. The lowest BCUT2D eigenvalue weighted by Crippen LogP contribution is -2.47. The molecule has 4 aromatic carbocycles. The third kappa shape index (κ3) is 8.14. The highest BCUT2D eigenvalue weighted by Gasteiger charge is 2.50. The second kappa shape index (κ2) is 15.9. The molecule has 6 rings (SSSR count). The number of amides is 1. The zero-order valence-electron chi connectivity index (χ0n) is 30.1. The van der Waals surface area contributed by atoms with Crippen molar-refractivity contribution in [2.75, 3.05) is 0 Å². The minimum atomic E-state index is -0.839. The summed E-state index contributed by atoms with van der Waals surface area (Å²) in [5.41, 5.74) is 1.44. The van der Waals surface area contributed by atoms with Crippen molar-refractivity contribution in [1.82, 2.24) is 30.8 Å². The maximum atomic E-state index is 14.3. The molecule has 2 heterocycles. The summed E-state index contributed by atoms with van der Waals surface area (Å²) in [7, 11) is -0.314. The predicted octanol–water partition coefficient (Wildman–Crippen LogP) is 7.15. The van der Waals surface area contributed by atoms with E-state index >= 15 is 0 Å². The van der Waals surface area contributed by atoms with Crippen molar-refractivity contribution in [3.05, 3.63) is 149 Å². The molecule has 1 unspecified atom stereocenters. The van der Waals surface area contributed by atoms with Gasteiger partial charge >= 0.3 is 7.12 Å². The number of carbonyl (C=O) groups is 1. The summed E-state index contributed by atoms with van der Waals surface area (Å²) in [6.45, 7) is 7.80. The van der Waals surface area contributed by atoms with Gasteiger partial charge in [-0.2, -0.15) is 0 Å². The highest BCUT2D eigenvalue weighted by Crippen LogP contribution is 2.41. The average Bonchev–Trinajstić information content (AvgIpc) is 3.68. The van der Waals surface area contributed by atoms with Crippen LogP contribution in [0.2, 0.25) is 6.32 Å². The Morgan fingerprint density at radius 3 is 1.94 bits per heavy atom. The van der Waals surface area contributed by atoms with Gasteiger partial charge in [-0.15, -0.1) is 5.10 Å². The van der Waals surface area contributed by atoms with Crippen LogP contribution < -0.4 is 10.6 Å². The molecule has 9 nitrogen and oxygen atoms in total. The molecule has 2 N–H and O–H groups in total. The summed E-state index contributed by atoms with van der Waals surface area (Å²) in [5, 5.41) is 19.4. The van der Waals surface area contributed by atoms with Crippen molar-refractivity contribution in [3.63, 3.8) is 0 Å². The van der Waals surface area contributed by atoms with Gasteiger partial charge in [-0.1, -0.05) is 104 Å². The largest absolute Gasteiger partial charge is 0.457 e. The molecular formula is C40H45BF2N6O3. The molecule has 52 heavy (non-hydrogen) atoms. The van der Waals surface area contributed by atoms with Gasteiger partial charge in [-0.25, -0.2) is 13.5 Å². The topological polar surface area (TPSA) is 103 Å². The Kier molecular flexibility index (Phi) is 11.3. The van der Waals surface area contributed by atoms with Crippen LogP contribution in [0, 0.1) is 11.6 Å². The number of unbranched alkanes of at least 4 members (excludes halogenated alkanes) is 1. The number of benzene rings is 4. The van der Waals surface area contributed by atoms with Crippen LogP contribution in [-0.4, -0.2) is 44.4 Å². The molecule has 0 saturated carbocycles. The molecule has 1 aliphatic rings. The number of tetrazole rings is 1. The Morgan fingerprint density at radius 2 is 1.38 bits per heavy atom. The Hall–Kier alpha value is -4.78. The smallest absolute Gasteiger partial charge is 0.403 e. The first-order valence-corrected chi connectivity index (χ1v) is 17.7. The van der Waals surface area contributed by atoms with Crippen molar-refractivity contribution in [1.29, 1.82) is 0 Å². The summed E-state index contributed by atoms with van der Waals surface area (Å²) < 4.78 is 42.1. The van der Waals surface area contributed by atoms with E-state index in [9.17, 15) is 13.6 Å². The van der Waals surface area contributed by atoms with Crippen molar-refractivity contribution >= 4 is 13.0 Å². The van der Waals surface area contributed by atoms with Gasteiger partial charge in [-0.05, 0) is 85.8 Å². The summed E-state index contributed by atoms with van der Waals surface area (Å²) in [6.07, 6.45) is 2.91. The van der Waals surface area contributed by atoms with E-state index < -0.39 is 40.3 Å². The maximum Gasteiger partial charge on any atom is 0.457 e. The molecule has 1 saturated heterocycles. The summed E-state index contributed by atoms with van der Waals surface area (Å²) in [5.74, 6) is -1.17. The zero-order chi connectivity index (χ0) is 36.8. The quantitative estimate of drug-likeness (QED) is 0.0677. The third-order valence-electron chi connectivity index (χ3n) is 10.1. The fourth-order valence-corrected chi connectivity index (χ4v) is 6.72. The molecule has 270 valence electrons. The van der Waals surface area contributed by atoms with Gasteiger partial charge in [0.15, 0.2) is 5.82 Å². The monoisotopic (exact) mass is 706 g/mol. The number of nitrogens with zero attached hydrogens (tertiary/aromatic N) is 4. The average molecular weight is 707 g/mol. The van der Waals surface area contributed by atoms with E-state index in [0.29, 0.717) is 18.6 Å². The molecule has 12 heteroatoms. The summed E-state index contributed by atoms with van der Waals surface area (Å²) in [4.78, 5) is 13.2. The first-order chi connectivity index (χ1) is 25.0. The van der Waals surface area contributed by atoms with Crippen LogP contribution in [0.3, 0.4) is 0 Å². The minimum absolute atomic E-state index is 0.0465. The second-order valence-electron chi connectivity index (χ2n) is 14.2. The summed E-state index contributed by atoms with van der Waals surface area (Å²) in [6, 6.07) is 33.4. The molecule has 1 aromatic heterocycles. The molecule has 0 bridgehead atoms. The van der Waals surface area contributed by atoms with E-state index in [0.717, 1.165) is 47.7 Å². The second-order valence-corrected chi connectivity index (χ2v) is 14.2. The first-order valence-electron chi connectivity index (χ1n) is 17.7. The summed E-state index contributed by atoms with van der Waals surface area (Å²) >= 11 is 0. The number of hydrogen-bond donors (Lipinski definition) is 2. The molecule has 1 aliphatic heterocycles. The highest BCUT2D eigenvalue weighted by atomic mass is 19.1. The molecule has 0 spiro atoms. The van der Waals surface area contributed by atoms with Crippen molar-refractivity contribution < 1.29 is 22.9 Å². The van der Waals surface area contributed by atoms with Crippen LogP contribution in [0.5, 0.6) is 0 Å². The van der Waals surface area contributed by atoms with Crippen molar-refractivity contribution in [2.45, 2.75) is 89.1 Å². The van der Waals surface area contributed by atoms with Crippen LogP contribution in [0.4, 0.5) is 8.78 Å². The molecule has 5 aromatic rings. The predicted molar refractivity (Wildman–Crippen MR) is 196 cm³/mol. The van der Waals surface area contributed by atoms with E-state index in [1.807, 2.05) is 82.3 Å². The Bertz CT molecular complexity index is 1820. The molecule has 1 amide bonds. The number of nitrogens with one attached hydrogen (secondary N) is 2. The molecule has 0 aliphatic carbocycles. The fourth-order valence-electron chi connectivity index (χ4n) is 6.72. The van der Waals surface area contributed by atoms with Crippen LogP contribution in [-0.2, 0) is 32.7 Å². The van der Waals surface area contributed by atoms with E-state index in [-0.39, 0.29) is 25.8 Å². The van der Waals surface area contributed by atoms with E-state index in [4.69, 9.17) is 9.31 Å². The lowest BCUT2D eigenvalue weighted by molar-refractivity contribution is -0.122. The highest BCUT2D eigenvalue weighted by molar-refractivity contribution is 6.45. The van der Waals surface area contributed by atoms with Crippen LogP contribution in [0.15, 0.2) is 109 Å². The number of aromatic nitrogens is 4. The lowest BCUT2D eigenvalue weighted by atomic mass is 9.76. The van der Waals surface area contributed by atoms with Gasteiger partial charge in [0.25, 0.3) is 0 Å². The van der Waals surface area contributed by atoms with Crippen LogP contribution in [0.25, 0.3) is 0 Å². The first kappa shape index (κ1) is 37.0. The fraction of sp³-hybridized carbons (Fsp3) is 0.350. The third-order valence-corrected chi connectivity index (χ3v) is 10.1. The van der Waals surface area contributed by atoms with Crippen LogP contribution in [0.1, 0.15) is 81.1 Å². The Balaban J connectivity index is 1.32. The van der Waals surface area contributed by atoms with Crippen molar-refractivity contribution in [3.8, 4) is 0 Å². The number of halogens is 2. The van der Waals surface area contributed by atoms with E-state index in [2.05, 4.69) is 62.6 Å². The Morgan fingerprint density at radius 1 is 0.827 bits per heavy atom. The van der Waals surface area contributed by atoms with Gasteiger partial charge in [0.1, 0.15) is 18.2 Å². The molecule has 0 radical (unpaired) electrons. The van der Waals surface area contributed by atoms with Gasteiger partial charge in [-0.3, -0.25) is 10.1 Å². The zero-order valence-corrected chi connectivity index (χ0v) is 30.1. The number of rotatable bonds is 15. The van der Waals surface area contributed by atoms with Gasteiger partial charge in [0.2, 0.25) is 5.91 Å².